The molecule has 24 heavy (non-hydrogen) atoms. The standard InChI is InChI=1S/C19H21N3OS/c1-13-6-2-3-11-22(13)17(23)12-24-19-20-15-9-4-7-14-8-5-10-16(21-19)18(14)15/h4-5,7-10,13H,2-3,6,11-12H2,1H3,(H,20,21)/t13-/m0/s1. The van der Waals surface area contributed by atoms with Gasteiger partial charge in [0.2, 0.25) is 5.91 Å². The van der Waals surface area contributed by atoms with Gasteiger partial charge in [-0.05, 0) is 43.7 Å². The number of amidine groups is 1. The number of anilines is 1. The summed E-state index contributed by atoms with van der Waals surface area (Å²) in [4.78, 5) is 19.2. The number of thioether (sulfide) groups is 1. The Labute approximate surface area is 146 Å². The Morgan fingerprint density at radius 3 is 2.96 bits per heavy atom. The zero-order valence-corrected chi connectivity index (χ0v) is 14.6. The van der Waals surface area contributed by atoms with Crippen LogP contribution in [-0.4, -0.2) is 34.3 Å². The van der Waals surface area contributed by atoms with Crippen LogP contribution >= 0.6 is 11.8 Å². The molecule has 1 atom stereocenters. The maximum Gasteiger partial charge on any atom is 0.233 e. The molecule has 2 aromatic carbocycles. The monoisotopic (exact) mass is 339 g/mol. The van der Waals surface area contributed by atoms with Crippen molar-refractivity contribution in [1.29, 1.82) is 0 Å². The average Bonchev–Trinajstić information content (AvgIpc) is 2.60. The minimum atomic E-state index is 0.216. The zero-order valence-electron chi connectivity index (χ0n) is 13.8. The molecule has 4 rings (SSSR count). The number of nitrogens with one attached hydrogen (secondary N) is 1. The number of piperidine rings is 1. The Bertz CT molecular complexity index is 812. The van der Waals surface area contributed by atoms with E-state index in [1.165, 1.54) is 23.6 Å². The van der Waals surface area contributed by atoms with Gasteiger partial charge >= 0.3 is 0 Å². The molecule has 1 saturated heterocycles. The van der Waals surface area contributed by atoms with E-state index in [4.69, 9.17) is 4.99 Å². The van der Waals surface area contributed by atoms with Crippen LogP contribution in [0.2, 0.25) is 0 Å². The van der Waals surface area contributed by atoms with E-state index in [1.807, 2.05) is 23.1 Å². The van der Waals surface area contributed by atoms with Crippen LogP contribution < -0.4 is 5.32 Å². The van der Waals surface area contributed by atoms with Crippen molar-refractivity contribution in [2.24, 2.45) is 4.99 Å². The first-order valence-corrected chi connectivity index (χ1v) is 9.50. The van der Waals surface area contributed by atoms with Crippen molar-refractivity contribution in [3.05, 3.63) is 36.4 Å². The normalized spacial score (nSPS) is 19.8. The summed E-state index contributed by atoms with van der Waals surface area (Å²) in [6.45, 7) is 3.04. The number of carbonyl (C=O) groups is 1. The highest BCUT2D eigenvalue weighted by atomic mass is 32.2. The fourth-order valence-corrected chi connectivity index (χ4v) is 4.29. The molecule has 4 nitrogen and oxygen atoms in total. The largest absolute Gasteiger partial charge is 0.339 e. The molecule has 0 saturated carbocycles. The van der Waals surface area contributed by atoms with Gasteiger partial charge in [0.15, 0.2) is 5.17 Å². The van der Waals surface area contributed by atoms with E-state index in [0.717, 1.165) is 41.3 Å². The maximum absolute atomic E-state index is 12.5. The topological polar surface area (TPSA) is 44.7 Å². The van der Waals surface area contributed by atoms with Crippen LogP contribution in [0.25, 0.3) is 10.8 Å². The minimum absolute atomic E-state index is 0.216. The average molecular weight is 339 g/mol. The molecule has 0 bridgehead atoms. The SMILES string of the molecule is C[C@H]1CCCCN1C(=O)CSC1=Nc2cccc3cccc(c23)N1. The molecule has 2 aliphatic rings. The van der Waals surface area contributed by atoms with Crippen molar-refractivity contribution >= 4 is 45.0 Å². The minimum Gasteiger partial charge on any atom is -0.339 e. The Balaban J connectivity index is 1.49. The van der Waals surface area contributed by atoms with Crippen molar-refractivity contribution in [3.8, 4) is 0 Å². The number of aliphatic imine (C=N–C) groups is 1. The summed E-state index contributed by atoms with van der Waals surface area (Å²) < 4.78 is 0. The van der Waals surface area contributed by atoms with Gasteiger partial charge in [0.05, 0.1) is 17.1 Å². The third kappa shape index (κ3) is 2.88. The highest BCUT2D eigenvalue weighted by molar-refractivity contribution is 8.14. The Hall–Kier alpha value is -2.01. The van der Waals surface area contributed by atoms with Crippen molar-refractivity contribution in [3.63, 3.8) is 0 Å². The van der Waals surface area contributed by atoms with Crippen LogP contribution in [-0.2, 0) is 4.79 Å². The van der Waals surface area contributed by atoms with Gasteiger partial charge in [0.1, 0.15) is 0 Å². The Morgan fingerprint density at radius 1 is 1.29 bits per heavy atom. The second-order valence-electron chi connectivity index (χ2n) is 6.44. The first-order valence-electron chi connectivity index (χ1n) is 8.52. The van der Waals surface area contributed by atoms with Gasteiger partial charge in [-0.3, -0.25) is 4.79 Å². The Kier molecular flexibility index (Phi) is 4.19. The molecule has 0 aliphatic carbocycles. The lowest BCUT2D eigenvalue weighted by molar-refractivity contribution is -0.131. The third-order valence-corrected chi connectivity index (χ3v) is 5.66. The second-order valence-corrected chi connectivity index (χ2v) is 7.41. The Morgan fingerprint density at radius 2 is 2.12 bits per heavy atom. The number of amides is 1. The molecule has 2 aromatic rings. The van der Waals surface area contributed by atoms with Gasteiger partial charge in [-0.15, -0.1) is 0 Å². The van der Waals surface area contributed by atoms with E-state index in [1.54, 1.807) is 0 Å². The molecule has 1 N–H and O–H groups in total. The molecule has 124 valence electrons. The predicted molar refractivity (Wildman–Crippen MR) is 102 cm³/mol. The summed E-state index contributed by atoms with van der Waals surface area (Å²) in [5.74, 6) is 0.655. The summed E-state index contributed by atoms with van der Waals surface area (Å²) in [6.07, 6.45) is 3.47. The zero-order chi connectivity index (χ0) is 16.5. The van der Waals surface area contributed by atoms with Gasteiger partial charge in [-0.1, -0.05) is 36.0 Å². The van der Waals surface area contributed by atoms with Crippen molar-refractivity contribution in [2.45, 2.75) is 32.2 Å². The fraction of sp³-hybridized carbons (Fsp3) is 0.368. The van der Waals surface area contributed by atoms with Crippen LogP contribution in [0.4, 0.5) is 11.4 Å². The van der Waals surface area contributed by atoms with Crippen molar-refractivity contribution in [2.75, 3.05) is 17.6 Å². The number of nitrogens with zero attached hydrogens (tertiary/aromatic N) is 2. The molecule has 0 radical (unpaired) electrons. The number of benzene rings is 2. The van der Waals surface area contributed by atoms with Crippen LogP contribution in [0.3, 0.4) is 0 Å². The molecule has 0 unspecified atom stereocenters. The van der Waals surface area contributed by atoms with Crippen molar-refractivity contribution < 1.29 is 4.79 Å². The molecule has 2 aliphatic heterocycles. The lowest BCUT2D eigenvalue weighted by Gasteiger charge is -2.33. The van der Waals surface area contributed by atoms with Gasteiger partial charge in [-0.25, -0.2) is 4.99 Å². The highest BCUT2D eigenvalue weighted by Gasteiger charge is 2.24. The molecule has 0 spiro atoms. The van der Waals surface area contributed by atoms with E-state index in [0.29, 0.717) is 11.8 Å². The molecule has 0 aromatic heterocycles. The second kappa shape index (κ2) is 6.48. The van der Waals surface area contributed by atoms with E-state index < -0.39 is 0 Å². The summed E-state index contributed by atoms with van der Waals surface area (Å²) in [5, 5.41) is 6.51. The lowest BCUT2D eigenvalue weighted by atomic mass is 10.0. The quantitative estimate of drug-likeness (QED) is 0.883. The summed E-state index contributed by atoms with van der Waals surface area (Å²) in [5.41, 5.74) is 2.04. The molecular weight excluding hydrogens is 318 g/mol. The van der Waals surface area contributed by atoms with Crippen LogP contribution in [0.5, 0.6) is 0 Å². The molecule has 1 fully saturated rings. The first-order chi connectivity index (χ1) is 11.7. The van der Waals surface area contributed by atoms with Crippen LogP contribution in [0.1, 0.15) is 26.2 Å². The van der Waals surface area contributed by atoms with E-state index in [-0.39, 0.29) is 5.91 Å². The smallest absolute Gasteiger partial charge is 0.233 e. The maximum atomic E-state index is 12.5. The summed E-state index contributed by atoms with van der Waals surface area (Å²) in [7, 11) is 0. The number of rotatable bonds is 2. The van der Waals surface area contributed by atoms with E-state index in [9.17, 15) is 4.79 Å². The molecular formula is C19H21N3OS. The van der Waals surface area contributed by atoms with E-state index >= 15 is 0 Å². The van der Waals surface area contributed by atoms with Gasteiger partial charge in [0.25, 0.3) is 0 Å². The fourth-order valence-electron chi connectivity index (χ4n) is 3.52. The molecule has 2 heterocycles. The highest BCUT2D eigenvalue weighted by Crippen LogP contribution is 2.36. The van der Waals surface area contributed by atoms with Gasteiger partial charge < -0.3 is 10.2 Å². The number of likely N-dealkylation sites (tertiary alicyclic amines) is 1. The lowest BCUT2D eigenvalue weighted by Crippen LogP contribution is -2.43. The van der Waals surface area contributed by atoms with Gasteiger partial charge in [0, 0.05) is 18.0 Å². The molecule has 5 heteroatoms. The van der Waals surface area contributed by atoms with Crippen LogP contribution in [0.15, 0.2) is 41.4 Å². The summed E-state index contributed by atoms with van der Waals surface area (Å²) >= 11 is 1.50. The van der Waals surface area contributed by atoms with E-state index in [2.05, 4.69) is 30.4 Å². The van der Waals surface area contributed by atoms with Crippen molar-refractivity contribution in [1.82, 2.24) is 4.90 Å². The third-order valence-electron chi connectivity index (χ3n) is 4.80. The first kappa shape index (κ1) is 15.5. The number of carbonyl (C=O) groups excluding carboxylic acids is 1. The number of hydrogen-bond acceptors (Lipinski definition) is 4. The predicted octanol–water partition coefficient (Wildman–Crippen LogP) is 4.39. The van der Waals surface area contributed by atoms with Gasteiger partial charge in [-0.2, -0.15) is 0 Å². The summed E-state index contributed by atoms with van der Waals surface area (Å²) in [6, 6.07) is 12.7. The molecule has 1 amide bonds. The number of hydrogen-bond donors (Lipinski definition) is 1. The van der Waals surface area contributed by atoms with Crippen LogP contribution in [0, 0.1) is 0 Å².